The van der Waals surface area contributed by atoms with Crippen molar-refractivity contribution in [3.8, 4) is 0 Å². The minimum absolute atomic E-state index is 0. The maximum absolute atomic E-state index is 13.2. The second-order valence-corrected chi connectivity index (χ2v) is 22.8. The van der Waals surface area contributed by atoms with Crippen molar-refractivity contribution in [2.24, 2.45) is 22.1 Å². The summed E-state index contributed by atoms with van der Waals surface area (Å²) in [4.78, 5) is 16.6. The van der Waals surface area contributed by atoms with Crippen LogP contribution in [0.25, 0.3) is 12.2 Å². The number of carbonyl (C=O) groups is 1. The molecule has 0 amide bonds. The Morgan fingerprint density at radius 3 is 1.13 bits per heavy atom. The normalized spacial score (nSPS) is 16.8. The third kappa shape index (κ3) is 23.7. The van der Waals surface area contributed by atoms with Gasteiger partial charge in [0.1, 0.15) is 6.29 Å². The van der Waals surface area contributed by atoms with E-state index in [1.54, 1.807) is 0 Å². The van der Waals surface area contributed by atoms with Gasteiger partial charge in [-0.25, -0.2) is 5.90 Å². The van der Waals surface area contributed by atoms with Gasteiger partial charge in [0, 0.05) is 38.7 Å². The van der Waals surface area contributed by atoms with E-state index in [1.165, 1.54) is 12.2 Å². The number of oxime groups is 2. The number of hydrogen-bond donors (Lipinski definition) is 3. The first kappa shape index (κ1) is 85.7. The minimum Gasteiger partial charge on any atom is -0.411 e. The molecule has 0 aromatic heterocycles. The summed E-state index contributed by atoms with van der Waals surface area (Å²) in [6, 6.07) is 11.1. The number of rotatable bonds is 14. The summed E-state index contributed by atoms with van der Waals surface area (Å²) in [5.41, 5.74) is -12.6. The molecule has 4 N–H and O–H groups in total. The molecular formula is C64H49Cl3F27N3O4. The van der Waals surface area contributed by atoms with Crippen LogP contribution in [0, 0.1) is 5.92 Å². The maximum Gasteiger partial charge on any atom is 0.416 e. The molecule has 1 aliphatic carbocycles. The highest BCUT2D eigenvalue weighted by atomic mass is 35.5. The Labute approximate surface area is 569 Å². The first-order valence-electron chi connectivity index (χ1n) is 27.8. The molecule has 6 aromatic rings. The van der Waals surface area contributed by atoms with Crippen LogP contribution < -0.4 is 5.90 Å². The third-order valence-corrected chi connectivity index (χ3v) is 15.8. The predicted molar refractivity (Wildman–Crippen MR) is 316 cm³/mol. The Morgan fingerprint density at radius 2 is 0.782 bits per heavy atom. The molecule has 5 unspecified atom stereocenters. The molecule has 0 saturated heterocycles. The summed E-state index contributed by atoms with van der Waals surface area (Å²) in [6.45, 7) is 0. The lowest BCUT2D eigenvalue weighted by atomic mass is 9.88. The lowest BCUT2D eigenvalue weighted by Crippen LogP contribution is -2.18. The maximum atomic E-state index is 13.2. The Hall–Kier alpha value is -7.69. The zero-order chi connectivity index (χ0) is 75.7. The van der Waals surface area contributed by atoms with Crippen LogP contribution >= 0.6 is 34.8 Å². The minimum atomic E-state index is -5.03. The average Bonchev–Trinajstić information content (AvgIpc) is 1.62. The van der Waals surface area contributed by atoms with Gasteiger partial charge in [-0.2, -0.15) is 119 Å². The molecule has 37 heteroatoms. The largest absolute Gasteiger partial charge is 0.416 e. The molecule has 1 heterocycles. The topological polar surface area (TPSA) is 118 Å². The molecule has 2 aliphatic rings. The van der Waals surface area contributed by atoms with Crippen molar-refractivity contribution in [1.82, 2.24) is 0 Å². The van der Waals surface area contributed by atoms with E-state index in [-0.39, 0.29) is 118 Å². The van der Waals surface area contributed by atoms with Gasteiger partial charge in [0.25, 0.3) is 0 Å². The van der Waals surface area contributed by atoms with Crippen LogP contribution in [0.1, 0.15) is 153 Å². The lowest BCUT2D eigenvalue weighted by Gasteiger charge is -2.19. The number of allylic oxidation sites excluding steroid dienone is 2. The summed E-state index contributed by atoms with van der Waals surface area (Å²) < 4.78 is 351. The Bertz CT molecular complexity index is 3830. The molecule has 8 rings (SSSR count). The van der Waals surface area contributed by atoms with E-state index >= 15 is 0 Å². The standard InChI is InChI=1S/C21H13ClF9NO.C21H15ClF9NO.C21H14ClF9O.CH4.H3NO/c22-16-4-1-10(19(23,24)25)8-15(16)13-2-3-14-17(13)32-33-18(14)9-5-11(20(26,27)28)7-12(6-9)21(29,30)31;22-18-6-5-14(19(23,24)25)10-17(18)13(11-32-33)4-2-1-3-12-7-15(20(26,27)28)9-16(8-12)21(29,30)31;22-18-6-5-14(19(23,24)25)10-17(18)13(11-32)4-2-1-3-12-7-15(20(26,27)28)9-16(8-12)21(29,30)31;;1-2/h1,4-8,13-14,18H,2-3H2;1,3,5-11,13,33H,2,4H2;1,3,5-11,13H,2,4H2;1H4;2H,1H2/b;3-1-,32-11+;3-1-;;. The summed E-state index contributed by atoms with van der Waals surface area (Å²) >= 11 is 18.0. The quantitative estimate of drug-likeness (QED) is 0.0330. The molecule has 0 radical (unpaired) electrons. The predicted octanol–water partition coefficient (Wildman–Crippen LogP) is 24.6. The van der Waals surface area contributed by atoms with Gasteiger partial charge in [0.2, 0.25) is 0 Å². The number of aldehydes is 1. The molecule has 6 aromatic carbocycles. The Morgan fingerprint density at radius 1 is 0.455 bits per heavy atom. The van der Waals surface area contributed by atoms with Gasteiger partial charge in [-0.3, -0.25) is 0 Å². The van der Waals surface area contributed by atoms with Crippen molar-refractivity contribution in [1.29, 1.82) is 0 Å². The van der Waals surface area contributed by atoms with E-state index < -0.39 is 135 Å². The van der Waals surface area contributed by atoms with E-state index in [4.69, 9.17) is 50.1 Å². The number of alkyl halides is 27. The first-order chi connectivity index (χ1) is 45.9. The average molecular weight is 1540 g/mol. The third-order valence-electron chi connectivity index (χ3n) is 14.8. The number of halogens is 30. The fourth-order valence-electron chi connectivity index (χ4n) is 10.1. The van der Waals surface area contributed by atoms with Crippen LogP contribution in [-0.2, 0) is 65.2 Å². The molecule has 5 atom stereocenters. The molecule has 7 nitrogen and oxygen atoms in total. The van der Waals surface area contributed by atoms with Gasteiger partial charge >= 0.3 is 55.6 Å². The van der Waals surface area contributed by atoms with Crippen LogP contribution in [0.3, 0.4) is 0 Å². The molecule has 0 spiro atoms. The molecule has 1 aliphatic heterocycles. The van der Waals surface area contributed by atoms with Gasteiger partial charge in [-0.05, 0) is 181 Å². The number of nitrogens with zero attached hydrogens (tertiary/aromatic N) is 2. The molecule has 0 bridgehead atoms. The highest BCUT2D eigenvalue weighted by Gasteiger charge is 2.48. The van der Waals surface area contributed by atoms with Gasteiger partial charge in [-0.1, -0.05) is 71.7 Å². The summed E-state index contributed by atoms with van der Waals surface area (Å²) in [7, 11) is 0. The number of benzene rings is 6. The zero-order valence-electron chi connectivity index (χ0n) is 49.5. The van der Waals surface area contributed by atoms with Crippen LogP contribution in [0.5, 0.6) is 0 Å². The second-order valence-electron chi connectivity index (χ2n) is 21.6. The molecule has 1 fully saturated rings. The van der Waals surface area contributed by atoms with Crippen LogP contribution in [-0.4, -0.2) is 28.6 Å². The number of carbonyl (C=O) groups excluding carboxylic acids is 1. The zero-order valence-corrected chi connectivity index (χ0v) is 51.8. The van der Waals surface area contributed by atoms with Crippen LogP contribution in [0.4, 0.5) is 119 Å². The summed E-state index contributed by atoms with van der Waals surface area (Å²) in [5, 5.41) is 21.9. The number of nitrogens with two attached hydrogens (primary N) is 1. The summed E-state index contributed by atoms with van der Waals surface area (Å²) in [6.07, 6.45) is -38.9. The SMILES string of the molecule is C.FC(F)(F)c1cc(C2ON=C3C(c4cc(C(F)(F)F)ccc4Cl)CCC32)cc(C(F)(F)F)c1.NO.O/N=C/C(CC/C=C\c1cc(C(F)(F)F)cc(C(F)(F)F)c1)c1cc(C(F)(F)F)ccc1Cl.O=CC(CC/C=C\c1cc(C(F)(F)F)cc(C(F)(F)F)c1)c1cc(C(F)(F)F)ccc1Cl. The first-order valence-corrected chi connectivity index (χ1v) is 29.0. The van der Waals surface area contributed by atoms with Crippen LogP contribution in [0.15, 0.2) is 132 Å². The second kappa shape index (κ2) is 33.6. The van der Waals surface area contributed by atoms with Gasteiger partial charge < -0.3 is 20.0 Å². The van der Waals surface area contributed by atoms with E-state index in [2.05, 4.69) is 16.2 Å². The molecule has 1 saturated carbocycles. The number of hydrogen-bond acceptors (Lipinski definition) is 7. The van der Waals surface area contributed by atoms with Crippen molar-refractivity contribution >= 4 is 65.2 Å². The van der Waals surface area contributed by atoms with Gasteiger partial charge in [-0.15, -0.1) is 5.16 Å². The monoisotopic (exact) mass is 1540 g/mol. The van der Waals surface area contributed by atoms with Crippen LogP contribution in [0.2, 0.25) is 15.1 Å². The van der Waals surface area contributed by atoms with E-state index in [0.717, 1.165) is 73.0 Å². The van der Waals surface area contributed by atoms with Gasteiger partial charge in [0.15, 0.2) is 6.10 Å². The summed E-state index contributed by atoms with van der Waals surface area (Å²) in [5.74, 6) is 0.135. The van der Waals surface area contributed by atoms with Gasteiger partial charge in [0.05, 0.1) is 62.0 Å². The highest BCUT2D eigenvalue weighted by Crippen LogP contribution is 2.51. The van der Waals surface area contributed by atoms with Crippen molar-refractivity contribution in [2.75, 3.05) is 0 Å². The Kier molecular flexibility index (Phi) is 28.5. The van der Waals surface area contributed by atoms with Crippen molar-refractivity contribution in [2.45, 2.75) is 125 Å². The van der Waals surface area contributed by atoms with E-state index in [0.29, 0.717) is 42.7 Å². The Balaban J connectivity index is 0.000000316. The molecular weight excluding hydrogens is 1490 g/mol. The van der Waals surface area contributed by atoms with E-state index in [1.807, 2.05) is 0 Å². The fraction of sp³-hybridized carbons (Fsp3) is 0.328. The molecule has 554 valence electrons. The van der Waals surface area contributed by atoms with Crippen molar-refractivity contribution < 1.29 is 139 Å². The van der Waals surface area contributed by atoms with E-state index in [9.17, 15) is 123 Å². The van der Waals surface area contributed by atoms with Crippen molar-refractivity contribution in [3.05, 3.63) is 220 Å². The number of fused-ring (bicyclic) bond motifs is 1. The van der Waals surface area contributed by atoms with Crippen molar-refractivity contribution in [3.63, 3.8) is 0 Å². The fourth-order valence-corrected chi connectivity index (χ4v) is 10.9. The highest BCUT2D eigenvalue weighted by molar-refractivity contribution is 6.32. The smallest absolute Gasteiger partial charge is 0.411 e. The lowest BCUT2D eigenvalue weighted by molar-refractivity contribution is -0.144. The molecule has 101 heavy (non-hydrogen) atoms.